The van der Waals surface area contributed by atoms with Gasteiger partial charge in [0.05, 0.1) is 40.7 Å². The lowest BCUT2D eigenvalue weighted by atomic mass is 9.82. The number of carbonyl (C=O) groups is 1. The number of piperidine rings is 1. The van der Waals surface area contributed by atoms with Gasteiger partial charge in [0.15, 0.2) is 5.82 Å². The second kappa shape index (κ2) is 7.27. The molecule has 2 aliphatic rings. The molecule has 0 aromatic carbocycles. The van der Waals surface area contributed by atoms with Crippen molar-refractivity contribution in [2.75, 3.05) is 19.7 Å². The topological polar surface area (TPSA) is 68.2 Å². The molecule has 0 aliphatic carbocycles. The van der Waals surface area contributed by atoms with E-state index in [0.29, 0.717) is 32.5 Å². The van der Waals surface area contributed by atoms with E-state index in [9.17, 15) is 9.18 Å². The van der Waals surface area contributed by atoms with E-state index < -0.39 is 11.4 Å². The van der Waals surface area contributed by atoms with Crippen molar-refractivity contribution in [1.82, 2.24) is 19.9 Å². The highest BCUT2D eigenvalue weighted by molar-refractivity contribution is 7.15. The summed E-state index contributed by atoms with van der Waals surface area (Å²) >= 11 is 1.74. The molecule has 148 valence electrons. The van der Waals surface area contributed by atoms with Crippen molar-refractivity contribution in [2.45, 2.75) is 24.9 Å². The molecule has 1 saturated heterocycles. The van der Waals surface area contributed by atoms with Crippen molar-refractivity contribution >= 4 is 17.2 Å². The van der Waals surface area contributed by atoms with E-state index in [-0.39, 0.29) is 11.5 Å². The van der Waals surface area contributed by atoms with Crippen LogP contribution in [0.2, 0.25) is 0 Å². The zero-order valence-corrected chi connectivity index (χ0v) is 16.5. The van der Waals surface area contributed by atoms with Crippen molar-refractivity contribution in [2.24, 2.45) is 0 Å². The summed E-state index contributed by atoms with van der Waals surface area (Å²) in [7, 11) is 0. The minimum Gasteiger partial charge on any atom is -0.370 e. The van der Waals surface area contributed by atoms with Crippen molar-refractivity contribution in [1.29, 1.82) is 0 Å². The van der Waals surface area contributed by atoms with E-state index in [4.69, 9.17) is 4.74 Å². The molecule has 1 amide bonds. The van der Waals surface area contributed by atoms with E-state index in [1.165, 1.54) is 22.7 Å². The maximum atomic E-state index is 14.0. The van der Waals surface area contributed by atoms with E-state index in [2.05, 4.69) is 21.0 Å². The Morgan fingerprint density at radius 1 is 1.17 bits per heavy atom. The van der Waals surface area contributed by atoms with Gasteiger partial charge in [0.1, 0.15) is 0 Å². The summed E-state index contributed by atoms with van der Waals surface area (Å²) in [6.45, 7) is 1.72. The van der Waals surface area contributed by atoms with E-state index in [0.717, 1.165) is 23.2 Å². The zero-order valence-electron chi connectivity index (χ0n) is 15.7. The Morgan fingerprint density at radius 2 is 2.00 bits per heavy atom. The third-order valence-corrected chi connectivity index (χ3v) is 6.90. The van der Waals surface area contributed by atoms with Gasteiger partial charge in [-0.2, -0.15) is 0 Å². The monoisotopic (exact) mass is 410 g/mol. The van der Waals surface area contributed by atoms with E-state index in [1.807, 2.05) is 0 Å². The van der Waals surface area contributed by atoms with Crippen LogP contribution in [-0.4, -0.2) is 45.5 Å². The highest BCUT2D eigenvalue weighted by Gasteiger charge is 2.43. The number of pyridine rings is 1. The fourth-order valence-electron chi connectivity index (χ4n) is 4.17. The third-order valence-electron chi connectivity index (χ3n) is 5.68. The third kappa shape index (κ3) is 3.22. The number of hydrogen-bond acceptors (Lipinski definition) is 6. The molecule has 0 bridgehead atoms. The molecule has 5 heterocycles. The Hall–Kier alpha value is -2.71. The molecule has 2 aliphatic heterocycles. The molecule has 5 rings (SSSR count). The molecule has 0 saturated carbocycles. The molecular formula is C21H19FN4O2S. The second-order valence-electron chi connectivity index (χ2n) is 7.28. The first-order valence-corrected chi connectivity index (χ1v) is 10.4. The van der Waals surface area contributed by atoms with Gasteiger partial charge in [0.25, 0.3) is 5.91 Å². The van der Waals surface area contributed by atoms with Crippen LogP contribution in [0.15, 0.2) is 43.1 Å². The summed E-state index contributed by atoms with van der Waals surface area (Å²) in [6, 6.07) is 3.60. The van der Waals surface area contributed by atoms with E-state index in [1.54, 1.807) is 34.8 Å². The normalized spacial score (nSPS) is 17.9. The zero-order chi connectivity index (χ0) is 19.8. The number of nitrogens with zero attached hydrogens (tertiary/aromatic N) is 4. The van der Waals surface area contributed by atoms with Gasteiger partial charge >= 0.3 is 0 Å². The standard InChI is InChI=1S/C21H19FN4O2S/c22-16-12-23-5-1-14(16)20(27)26-8-3-21(4-9-26)15-11-19(17-13-24-6-7-25-17)29-18(15)2-10-28-21/h1,5-7,11-13H,2-4,8-10H2. The largest absolute Gasteiger partial charge is 0.370 e. The van der Waals surface area contributed by atoms with Crippen LogP contribution < -0.4 is 0 Å². The van der Waals surface area contributed by atoms with E-state index >= 15 is 0 Å². The molecular weight excluding hydrogens is 391 g/mol. The van der Waals surface area contributed by atoms with Crippen LogP contribution in [0.4, 0.5) is 4.39 Å². The number of hydrogen-bond donors (Lipinski definition) is 0. The molecule has 0 radical (unpaired) electrons. The minimum atomic E-state index is -0.583. The van der Waals surface area contributed by atoms with Crippen molar-refractivity contribution in [3.63, 3.8) is 0 Å². The van der Waals surface area contributed by atoms with Gasteiger partial charge < -0.3 is 9.64 Å². The predicted molar refractivity (Wildman–Crippen MR) is 106 cm³/mol. The average Bonchev–Trinajstić information content (AvgIpc) is 3.21. The number of aromatic nitrogens is 3. The summed E-state index contributed by atoms with van der Waals surface area (Å²) in [5.41, 5.74) is 1.75. The lowest BCUT2D eigenvalue weighted by molar-refractivity contribution is -0.0926. The molecule has 6 nitrogen and oxygen atoms in total. The highest BCUT2D eigenvalue weighted by atomic mass is 32.1. The molecule has 3 aromatic rings. The molecule has 0 unspecified atom stereocenters. The summed E-state index contributed by atoms with van der Waals surface area (Å²) < 4.78 is 20.2. The van der Waals surface area contributed by atoms with Gasteiger partial charge in [-0.25, -0.2) is 4.39 Å². The lowest BCUT2D eigenvalue weighted by Crippen LogP contribution is -2.48. The van der Waals surface area contributed by atoms with Crippen LogP contribution in [-0.2, 0) is 16.8 Å². The van der Waals surface area contributed by atoms with Gasteiger partial charge in [-0.3, -0.25) is 19.7 Å². The summed E-state index contributed by atoms with van der Waals surface area (Å²) in [5, 5.41) is 0. The Labute approximate surface area is 171 Å². The average molecular weight is 410 g/mol. The molecule has 0 atom stereocenters. The molecule has 0 N–H and O–H groups in total. The first-order chi connectivity index (χ1) is 14.2. The molecule has 29 heavy (non-hydrogen) atoms. The number of ether oxygens (including phenoxy) is 1. The number of likely N-dealkylation sites (tertiary alicyclic amines) is 1. The Bertz CT molecular complexity index is 1050. The number of thiophene rings is 1. The number of fused-ring (bicyclic) bond motifs is 2. The SMILES string of the molecule is O=C(c1ccncc1F)N1CCC2(CC1)OCCc1sc(-c3cnccn3)cc12. The van der Waals surface area contributed by atoms with Gasteiger partial charge in [-0.1, -0.05) is 0 Å². The highest BCUT2D eigenvalue weighted by Crippen LogP contribution is 2.46. The Balaban J connectivity index is 1.38. The fourth-order valence-corrected chi connectivity index (χ4v) is 5.37. The van der Waals surface area contributed by atoms with Gasteiger partial charge in [-0.05, 0) is 30.5 Å². The minimum absolute atomic E-state index is 0.0710. The molecule has 8 heteroatoms. The number of rotatable bonds is 2. The Morgan fingerprint density at radius 3 is 2.76 bits per heavy atom. The summed E-state index contributed by atoms with van der Waals surface area (Å²) in [5.74, 6) is -0.873. The van der Waals surface area contributed by atoms with Crippen LogP contribution in [0.25, 0.3) is 10.6 Å². The number of halogens is 1. The quantitative estimate of drug-likeness (QED) is 0.647. The lowest BCUT2D eigenvalue weighted by Gasteiger charge is -2.44. The van der Waals surface area contributed by atoms with Crippen LogP contribution >= 0.6 is 11.3 Å². The second-order valence-corrected chi connectivity index (χ2v) is 8.42. The summed E-state index contributed by atoms with van der Waals surface area (Å²) in [4.78, 5) is 29.1. The van der Waals surface area contributed by atoms with Gasteiger partial charge in [0, 0.05) is 43.0 Å². The first-order valence-electron chi connectivity index (χ1n) is 9.59. The Kier molecular flexibility index (Phi) is 4.60. The van der Waals surface area contributed by atoms with Gasteiger partial charge in [0.2, 0.25) is 0 Å². The maximum absolute atomic E-state index is 14.0. The predicted octanol–water partition coefficient (Wildman–Crippen LogP) is 3.44. The van der Waals surface area contributed by atoms with Crippen molar-refractivity contribution in [3.05, 3.63) is 64.9 Å². The number of amides is 1. The first kappa shape index (κ1) is 18.3. The van der Waals surface area contributed by atoms with Gasteiger partial charge in [-0.15, -0.1) is 11.3 Å². The van der Waals surface area contributed by atoms with Crippen molar-refractivity contribution in [3.8, 4) is 10.6 Å². The van der Waals surface area contributed by atoms with Crippen molar-refractivity contribution < 1.29 is 13.9 Å². The maximum Gasteiger partial charge on any atom is 0.256 e. The van der Waals surface area contributed by atoms with Crippen LogP contribution in [0, 0.1) is 5.82 Å². The fraction of sp³-hybridized carbons (Fsp3) is 0.333. The number of carbonyl (C=O) groups excluding carboxylic acids is 1. The van der Waals surface area contributed by atoms with Crippen LogP contribution in [0.1, 0.15) is 33.6 Å². The van der Waals surface area contributed by atoms with Crippen LogP contribution in [0.3, 0.4) is 0 Å². The molecule has 1 fully saturated rings. The summed E-state index contributed by atoms with van der Waals surface area (Å²) in [6.07, 6.45) is 9.92. The smallest absolute Gasteiger partial charge is 0.256 e. The molecule has 3 aromatic heterocycles. The molecule has 1 spiro atoms. The van der Waals surface area contributed by atoms with Crippen LogP contribution in [0.5, 0.6) is 0 Å².